The van der Waals surface area contributed by atoms with Gasteiger partial charge in [-0.15, -0.1) is 0 Å². The smallest absolute Gasteiger partial charge is 0.111 e. The van der Waals surface area contributed by atoms with E-state index in [0.717, 1.165) is 18.8 Å². The Balaban J connectivity index is 2.09. The first kappa shape index (κ1) is 13.6. The quantitative estimate of drug-likeness (QED) is 0.893. The molecule has 0 bridgehead atoms. The molecule has 2 unspecified atom stereocenters. The number of hydrogen-bond donors (Lipinski definition) is 1. The van der Waals surface area contributed by atoms with E-state index in [1.807, 2.05) is 26.2 Å². The van der Waals surface area contributed by atoms with Crippen LogP contribution in [-0.2, 0) is 17.7 Å². The van der Waals surface area contributed by atoms with Gasteiger partial charge in [0, 0.05) is 38.2 Å². The van der Waals surface area contributed by atoms with Gasteiger partial charge in [-0.3, -0.25) is 0 Å². The van der Waals surface area contributed by atoms with Crippen LogP contribution < -0.4 is 0 Å². The summed E-state index contributed by atoms with van der Waals surface area (Å²) in [5, 5.41) is 10.7. The van der Waals surface area contributed by atoms with Crippen molar-refractivity contribution >= 4 is 0 Å². The maximum absolute atomic E-state index is 10.7. The molecule has 1 N–H and O–H groups in total. The van der Waals surface area contributed by atoms with Crippen LogP contribution in [0.3, 0.4) is 0 Å². The molecule has 0 aromatic carbocycles. The summed E-state index contributed by atoms with van der Waals surface area (Å²) in [5.74, 6) is 0.987. The molecule has 2 atom stereocenters. The zero-order valence-electron chi connectivity index (χ0n) is 11.6. The van der Waals surface area contributed by atoms with Crippen LogP contribution in [0.25, 0.3) is 0 Å². The van der Waals surface area contributed by atoms with Crippen LogP contribution in [0.2, 0.25) is 0 Å². The summed E-state index contributed by atoms with van der Waals surface area (Å²) in [6.07, 6.45) is 7.14. The molecule has 18 heavy (non-hydrogen) atoms. The first-order valence-electron chi connectivity index (χ1n) is 6.90. The van der Waals surface area contributed by atoms with E-state index in [-0.39, 0.29) is 12.2 Å². The highest BCUT2D eigenvalue weighted by Gasteiger charge is 2.37. The molecule has 0 spiro atoms. The number of rotatable bonds is 4. The molecule has 102 valence electrons. The molecule has 4 heteroatoms. The lowest BCUT2D eigenvalue weighted by Gasteiger charge is -2.39. The summed E-state index contributed by atoms with van der Waals surface area (Å²) in [6, 6.07) is 0. The van der Waals surface area contributed by atoms with Crippen LogP contribution in [0.5, 0.6) is 0 Å². The maximum atomic E-state index is 10.7. The largest absolute Gasteiger partial charge is 0.389 e. The van der Waals surface area contributed by atoms with E-state index in [2.05, 4.69) is 16.5 Å². The van der Waals surface area contributed by atoms with Gasteiger partial charge in [0.15, 0.2) is 0 Å². The van der Waals surface area contributed by atoms with Crippen molar-refractivity contribution in [3.8, 4) is 0 Å². The van der Waals surface area contributed by atoms with Crippen LogP contribution in [0.1, 0.15) is 45.9 Å². The zero-order chi connectivity index (χ0) is 13.2. The Hall–Kier alpha value is -0.870. The highest BCUT2D eigenvalue weighted by atomic mass is 16.5. The van der Waals surface area contributed by atoms with Gasteiger partial charge < -0.3 is 14.4 Å². The average Bonchev–Trinajstić information content (AvgIpc) is 2.63. The second kappa shape index (κ2) is 5.41. The first-order valence-corrected chi connectivity index (χ1v) is 6.90. The van der Waals surface area contributed by atoms with Crippen LogP contribution in [0.4, 0.5) is 0 Å². The fourth-order valence-corrected chi connectivity index (χ4v) is 3.04. The molecule has 0 amide bonds. The van der Waals surface area contributed by atoms with Gasteiger partial charge in [0.05, 0.1) is 17.8 Å². The summed E-state index contributed by atoms with van der Waals surface area (Å²) in [5.41, 5.74) is -0.673. The summed E-state index contributed by atoms with van der Waals surface area (Å²) >= 11 is 0. The lowest BCUT2D eigenvalue weighted by atomic mass is 9.84. The van der Waals surface area contributed by atoms with E-state index in [0.29, 0.717) is 19.3 Å². The van der Waals surface area contributed by atoms with E-state index >= 15 is 0 Å². The van der Waals surface area contributed by atoms with Crippen LogP contribution in [0.15, 0.2) is 12.4 Å². The average molecular weight is 252 g/mol. The fourth-order valence-electron chi connectivity index (χ4n) is 3.04. The maximum Gasteiger partial charge on any atom is 0.111 e. The van der Waals surface area contributed by atoms with Crippen molar-refractivity contribution in [3.05, 3.63) is 18.2 Å². The van der Waals surface area contributed by atoms with Crippen molar-refractivity contribution in [2.24, 2.45) is 0 Å². The molecule has 0 aliphatic carbocycles. The molecule has 1 saturated heterocycles. The molecule has 2 rings (SSSR count). The molecule has 0 radical (unpaired) electrons. The lowest BCUT2D eigenvalue weighted by molar-refractivity contribution is -0.131. The third-order valence-electron chi connectivity index (χ3n) is 3.55. The van der Waals surface area contributed by atoms with Gasteiger partial charge in [0.2, 0.25) is 0 Å². The lowest BCUT2D eigenvalue weighted by Crippen LogP contribution is -2.45. The molecule has 1 aliphatic rings. The van der Waals surface area contributed by atoms with Gasteiger partial charge in [-0.2, -0.15) is 0 Å². The monoisotopic (exact) mass is 252 g/mol. The number of imidazole rings is 1. The Kier molecular flexibility index (Phi) is 4.07. The molecule has 1 aliphatic heterocycles. The van der Waals surface area contributed by atoms with Crippen molar-refractivity contribution in [1.29, 1.82) is 0 Å². The number of aromatic nitrogens is 2. The van der Waals surface area contributed by atoms with Crippen molar-refractivity contribution in [2.45, 2.75) is 70.8 Å². The second-order valence-corrected chi connectivity index (χ2v) is 5.60. The van der Waals surface area contributed by atoms with Gasteiger partial charge in [0.1, 0.15) is 5.82 Å². The van der Waals surface area contributed by atoms with Crippen LogP contribution >= 0.6 is 0 Å². The number of ether oxygens (including phenoxy) is 1. The summed E-state index contributed by atoms with van der Waals surface area (Å²) in [4.78, 5) is 4.39. The van der Waals surface area contributed by atoms with Crippen molar-refractivity contribution < 1.29 is 9.84 Å². The molecule has 0 saturated carbocycles. The Bertz CT molecular complexity index is 379. The molecule has 1 fully saturated rings. The van der Waals surface area contributed by atoms with Crippen LogP contribution in [0, 0.1) is 0 Å². The van der Waals surface area contributed by atoms with E-state index in [1.165, 1.54) is 0 Å². The Morgan fingerprint density at radius 2 is 2.11 bits per heavy atom. The van der Waals surface area contributed by atoms with E-state index < -0.39 is 5.60 Å². The van der Waals surface area contributed by atoms with Gasteiger partial charge in [-0.25, -0.2) is 4.98 Å². The van der Waals surface area contributed by atoms with Crippen molar-refractivity contribution in [1.82, 2.24) is 9.55 Å². The molecule has 2 heterocycles. The van der Waals surface area contributed by atoms with Crippen LogP contribution in [-0.4, -0.2) is 32.5 Å². The summed E-state index contributed by atoms with van der Waals surface area (Å²) in [7, 11) is 0. The topological polar surface area (TPSA) is 47.3 Å². The molecule has 4 nitrogen and oxygen atoms in total. The van der Waals surface area contributed by atoms with Gasteiger partial charge >= 0.3 is 0 Å². The van der Waals surface area contributed by atoms with Gasteiger partial charge in [-0.05, 0) is 20.3 Å². The zero-order valence-corrected chi connectivity index (χ0v) is 11.6. The Morgan fingerprint density at radius 3 is 2.72 bits per heavy atom. The number of nitrogens with zero attached hydrogens (tertiary/aromatic N) is 2. The fraction of sp³-hybridized carbons (Fsp3) is 0.786. The van der Waals surface area contributed by atoms with Crippen molar-refractivity contribution in [3.63, 3.8) is 0 Å². The Labute approximate surface area is 109 Å². The van der Waals surface area contributed by atoms with E-state index in [1.54, 1.807) is 0 Å². The highest BCUT2D eigenvalue weighted by molar-refractivity contribution is 5.01. The minimum atomic E-state index is -0.673. The summed E-state index contributed by atoms with van der Waals surface area (Å²) < 4.78 is 7.83. The minimum absolute atomic E-state index is 0.119. The third-order valence-corrected chi connectivity index (χ3v) is 3.55. The van der Waals surface area contributed by atoms with Gasteiger partial charge in [-0.1, -0.05) is 6.92 Å². The predicted octanol–water partition coefficient (Wildman–Crippen LogP) is 2.15. The standard InChI is InChI=1S/C14H24N2O2/c1-4-6-16-7-5-15-13(16)10-14(17)8-11(2)18-12(3)9-14/h5,7,11-12,17H,4,6,8-10H2,1-3H3. The highest BCUT2D eigenvalue weighted by Crippen LogP contribution is 2.31. The van der Waals surface area contributed by atoms with E-state index in [9.17, 15) is 5.11 Å². The van der Waals surface area contributed by atoms with Crippen molar-refractivity contribution in [2.75, 3.05) is 0 Å². The number of aliphatic hydroxyl groups is 1. The second-order valence-electron chi connectivity index (χ2n) is 5.60. The molecular weight excluding hydrogens is 228 g/mol. The molecular formula is C14H24N2O2. The SMILES string of the molecule is CCCn1ccnc1CC1(O)CC(C)OC(C)C1. The van der Waals surface area contributed by atoms with E-state index in [4.69, 9.17) is 4.74 Å². The van der Waals surface area contributed by atoms with Gasteiger partial charge in [0.25, 0.3) is 0 Å². The number of hydrogen-bond acceptors (Lipinski definition) is 3. The Morgan fingerprint density at radius 1 is 1.44 bits per heavy atom. The molecule has 1 aromatic rings. The molecule has 1 aromatic heterocycles. The number of aryl methyl sites for hydroxylation is 1. The first-order chi connectivity index (χ1) is 8.52. The predicted molar refractivity (Wildman–Crippen MR) is 70.4 cm³/mol. The summed E-state index contributed by atoms with van der Waals surface area (Å²) in [6.45, 7) is 7.17. The third kappa shape index (κ3) is 3.12. The minimum Gasteiger partial charge on any atom is -0.389 e. The normalized spacial score (nSPS) is 32.7.